The summed E-state index contributed by atoms with van der Waals surface area (Å²) in [4.78, 5) is 11.1. The van der Waals surface area contributed by atoms with Gasteiger partial charge in [-0.25, -0.2) is 9.80 Å². The Morgan fingerprint density at radius 3 is 2.73 bits per heavy atom. The summed E-state index contributed by atoms with van der Waals surface area (Å²) >= 11 is 0. The van der Waals surface area contributed by atoms with E-state index in [1.54, 1.807) is 36.3 Å². The number of hydrogen-bond donors (Lipinski definition) is 2. The van der Waals surface area contributed by atoms with Gasteiger partial charge in [-0.2, -0.15) is 0 Å². The van der Waals surface area contributed by atoms with Crippen molar-refractivity contribution in [3.63, 3.8) is 0 Å². The number of carbonyl (C=O) groups excluding carboxylic acids is 1. The molecule has 15 heavy (non-hydrogen) atoms. The van der Waals surface area contributed by atoms with Crippen LogP contribution < -0.4 is 5.43 Å². The quantitative estimate of drug-likeness (QED) is 0.723. The van der Waals surface area contributed by atoms with Gasteiger partial charge >= 0.3 is 6.09 Å². The van der Waals surface area contributed by atoms with Gasteiger partial charge < -0.3 is 9.84 Å². The molecule has 0 saturated carbocycles. The van der Waals surface area contributed by atoms with Gasteiger partial charge in [-0.15, -0.1) is 0 Å². The van der Waals surface area contributed by atoms with Crippen LogP contribution in [0.15, 0.2) is 24.3 Å². The number of rotatable bonds is 1. The van der Waals surface area contributed by atoms with Gasteiger partial charge in [0.25, 0.3) is 0 Å². The summed E-state index contributed by atoms with van der Waals surface area (Å²) in [5.41, 5.74) is 3.38. The molecule has 1 atom stereocenters. The standard InChI is InChI=1S/C10H12N2O3/c1-12-6-9(15-10(14)11-12)7-2-4-8(13)5-3-7/h2-5,9,13H,6H2,1H3,(H,11,14). The molecule has 0 radical (unpaired) electrons. The molecule has 2 N–H and O–H groups in total. The minimum atomic E-state index is -0.457. The van der Waals surface area contributed by atoms with E-state index in [0.29, 0.717) is 6.54 Å². The van der Waals surface area contributed by atoms with E-state index in [-0.39, 0.29) is 11.9 Å². The zero-order valence-electron chi connectivity index (χ0n) is 8.30. The van der Waals surface area contributed by atoms with Gasteiger partial charge in [0, 0.05) is 7.05 Å². The minimum absolute atomic E-state index is 0.201. The molecule has 2 rings (SSSR count). The molecule has 1 saturated heterocycles. The number of benzene rings is 1. The molecule has 1 aromatic rings. The third-order valence-corrected chi connectivity index (χ3v) is 2.24. The molecule has 0 aromatic heterocycles. The van der Waals surface area contributed by atoms with E-state index in [4.69, 9.17) is 9.84 Å². The first-order valence-electron chi connectivity index (χ1n) is 4.62. The van der Waals surface area contributed by atoms with Crippen molar-refractivity contribution < 1.29 is 14.6 Å². The topological polar surface area (TPSA) is 61.8 Å². The lowest BCUT2D eigenvalue weighted by molar-refractivity contribution is 0.0129. The molecule has 1 unspecified atom stereocenters. The van der Waals surface area contributed by atoms with Crippen LogP contribution in [0, 0.1) is 0 Å². The van der Waals surface area contributed by atoms with Crippen molar-refractivity contribution in [2.24, 2.45) is 0 Å². The number of amides is 1. The number of likely N-dealkylation sites (N-methyl/N-ethyl adjacent to an activating group) is 1. The number of nitrogens with one attached hydrogen (secondary N) is 1. The average molecular weight is 208 g/mol. The Kier molecular flexibility index (Phi) is 2.47. The van der Waals surface area contributed by atoms with E-state index < -0.39 is 6.09 Å². The molecule has 0 bridgehead atoms. The highest BCUT2D eigenvalue weighted by atomic mass is 16.6. The Morgan fingerprint density at radius 2 is 2.13 bits per heavy atom. The summed E-state index contributed by atoms with van der Waals surface area (Å²) in [6, 6.07) is 6.63. The molecule has 1 aliphatic heterocycles. The fourth-order valence-corrected chi connectivity index (χ4v) is 1.51. The second-order valence-corrected chi connectivity index (χ2v) is 3.48. The number of cyclic esters (lactones) is 1. The SMILES string of the molecule is CN1CC(c2ccc(O)cc2)OC(=O)N1. The van der Waals surface area contributed by atoms with Gasteiger partial charge in [-0.3, -0.25) is 5.43 Å². The Morgan fingerprint density at radius 1 is 1.47 bits per heavy atom. The third kappa shape index (κ3) is 2.19. The molecule has 5 heteroatoms. The fraction of sp³-hybridized carbons (Fsp3) is 0.300. The maximum absolute atomic E-state index is 11.1. The van der Waals surface area contributed by atoms with E-state index in [2.05, 4.69) is 5.43 Å². The number of phenolic OH excluding ortho intramolecular Hbond substituents is 1. The van der Waals surface area contributed by atoms with Crippen molar-refractivity contribution in [3.05, 3.63) is 29.8 Å². The molecule has 5 nitrogen and oxygen atoms in total. The second-order valence-electron chi connectivity index (χ2n) is 3.48. The highest BCUT2D eigenvalue weighted by Gasteiger charge is 2.24. The first-order valence-corrected chi connectivity index (χ1v) is 4.62. The molecule has 1 aromatic carbocycles. The predicted molar refractivity (Wildman–Crippen MR) is 53.1 cm³/mol. The van der Waals surface area contributed by atoms with Gasteiger partial charge in [-0.1, -0.05) is 12.1 Å². The smallest absolute Gasteiger partial charge is 0.422 e. The first-order chi connectivity index (χ1) is 7.15. The second kappa shape index (κ2) is 3.78. The van der Waals surface area contributed by atoms with E-state index in [1.807, 2.05) is 0 Å². The van der Waals surface area contributed by atoms with Crippen molar-refractivity contribution >= 4 is 6.09 Å². The Bertz CT molecular complexity index is 363. The first kappa shape index (κ1) is 9.79. The van der Waals surface area contributed by atoms with Crippen LogP contribution in [0.2, 0.25) is 0 Å². The van der Waals surface area contributed by atoms with Crippen LogP contribution in [0.1, 0.15) is 11.7 Å². The minimum Gasteiger partial charge on any atom is -0.508 e. The number of carbonyl (C=O) groups is 1. The zero-order valence-corrected chi connectivity index (χ0v) is 8.30. The van der Waals surface area contributed by atoms with Crippen molar-refractivity contribution in [2.75, 3.05) is 13.6 Å². The summed E-state index contributed by atoms with van der Waals surface area (Å²) in [5, 5.41) is 10.8. The molecular weight excluding hydrogens is 196 g/mol. The Balaban J connectivity index is 2.16. The van der Waals surface area contributed by atoms with Crippen LogP contribution in [0.3, 0.4) is 0 Å². The van der Waals surface area contributed by atoms with Gasteiger partial charge in [0.2, 0.25) is 0 Å². The molecule has 1 fully saturated rings. The van der Waals surface area contributed by atoms with Crippen LogP contribution in [0.4, 0.5) is 4.79 Å². The summed E-state index contributed by atoms with van der Waals surface area (Å²) in [5.74, 6) is 0.201. The van der Waals surface area contributed by atoms with Crippen LogP contribution in [0.5, 0.6) is 5.75 Å². The lowest BCUT2D eigenvalue weighted by Crippen LogP contribution is -2.48. The van der Waals surface area contributed by atoms with E-state index in [0.717, 1.165) is 5.56 Å². The summed E-state index contributed by atoms with van der Waals surface area (Å²) in [7, 11) is 1.77. The van der Waals surface area contributed by atoms with Crippen LogP contribution >= 0.6 is 0 Å². The maximum atomic E-state index is 11.1. The van der Waals surface area contributed by atoms with Crippen LogP contribution in [0.25, 0.3) is 0 Å². The lowest BCUT2D eigenvalue weighted by atomic mass is 10.1. The molecule has 1 heterocycles. The normalized spacial score (nSPS) is 21.9. The van der Waals surface area contributed by atoms with E-state index in [1.165, 1.54) is 0 Å². The van der Waals surface area contributed by atoms with E-state index >= 15 is 0 Å². The Labute approximate surface area is 87.2 Å². The van der Waals surface area contributed by atoms with Crippen molar-refractivity contribution in [2.45, 2.75) is 6.10 Å². The number of aromatic hydroxyl groups is 1. The lowest BCUT2D eigenvalue weighted by Gasteiger charge is -2.30. The largest absolute Gasteiger partial charge is 0.508 e. The van der Waals surface area contributed by atoms with Gasteiger partial charge in [-0.05, 0) is 17.7 Å². The summed E-state index contributed by atoms with van der Waals surface area (Å²) in [6.45, 7) is 0.580. The number of nitrogens with zero attached hydrogens (tertiary/aromatic N) is 1. The fourth-order valence-electron chi connectivity index (χ4n) is 1.51. The molecule has 1 amide bonds. The molecule has 0 spiro atoms. The zero-order chi connectivity index (χ0) is 10.8. The predicted octanol–water partition coefficient (Wildman–Crippen LogP) is 1.02. The number of hydrazine groups is 1. The average Bonchev–Trinajstić information content (AvgIpc) is 2.17. The highest BCUT2D eigenvalue weighted by molar-refractivity contribution is 5.67. The van der Waals surface area contributed by atoms with Gasteiger partial charge in [0.05, 0.1) is 6.54 Å². The van der Waals surface area contributed by atoms with Crippen LogP contribution in [-0.2, 0) is 4.74 Å². The van der Waals surface area contributed by atoms with Gasteiger partial charge in [0.1, 0.15) is 11.9 Å². The van der Waals surface area contributed by atoms with E-state index in [9.17, 15) is 4.79 Å². The number of hydrogen-bond acceptors (Lipinski definition) is 4. The molecule has 80 valence electrons. The third-order valence-electron chi connectivity index (χ3n) is 2.24. The monoisotopic (exact) mass is 208 g/mol. The molecule has 0 aliphatic carbocycles. The number of phenols is 1. The van der Waals surface area contributed by atoms with Crippen molar-refractivity contribution in [1.82, 2.24) is 10.4 Å². The van der Waals surface area contributed by atoms with Crippen molar-refractivity contribution in [1.29, 1.82) is 0 Å². The molecule has 1 aliphatic rings. The van der Waals surface area contributed by atoms with Crippen LogP contribution in [-0.4, -0.2) is 29.8 Å². The van der Waals surface area contributed by atoms with Crippen molar-refractivity contribution in [3.8, 4) is 5.75 Å². The Hall–Kier alpha value is -1.75. The molecular formula is C10H12N2O3. The maximum Gasteiger partial charge on any atom is 0.422 e. The highest BCUT2D eigenvalue weighted by Crippen LogP contribution is 2.22. The summed E-state index contributed by atoms with van der Waals surface area (Å²) < 4.78 is 5.11. The summed E-state index contributed by atoms with van der Waals surface area (Å²) in [6.07, 6.45) is -0.744. The number of ether oxygens (including phenoxy) is 1. The van der Waals surface area contributed by atoms with Gasteiger partial charge in [0.15, 0.2) is 0 Å².